The Labute approximate surface area is 142 Å². The molecule has 22 heavy (non-hydrogen) atoms. The van der Waals surface area contributed by atoms with E-state index in [2.05, 4.69) is 27.9 Å². The fourth-order valence-electron chi connectivity index (χ4n) is 3.28. The zero-order chi connectivity index (χ0) is 16.5. The fraction of sp³-hybridized carbons (Fsp3) is 1.00. The van der Waals surface area contributed by atoms with Gasteiger partial charge in [0, 0.05) is 0 Å². The highest BCUT2D eigenvalue weighted by Crippen LogP contribution is 2.12. The van der Waals surface area contributed by atoms with Crippen LogP contribution in [-0.4, -0.2) is 31.7 Å². The van der Waals surface area contributed by atoms with Gasteiger partial charge in [0.1, 0.15) is 0 Å². The van der Waals surface area contributed by atoms with Gasteiger partial charge in [0.2, 0.25) is 0 Å². The van der Waals surface area contributed by atoms with E-state index in [1.807, 2.05) is 0 Å². The van der Waals surface area contributed by atoms with E-state index in [9.17, 15) is 0 Å². The van der Waals surface area contributed by atoms with Gasteiger partial charge in [-0.05, 0) is 25.7 Å². The second kappa shape index (κ2) is 15.8. The van der Waals surface area contributed by atoms with Crippen molar-refractivity contribution in [2.24, 2.45) is 0 Å². The number of nitrogens with zero attached hydrogens (tertiary/aromatic N) is 1. The summed E-state index contributed by atoms with van der Waals surface area (Å²) in [4.78, 5) is 0. The lowest BCUT2D eigenvalue weighted by molar-refractivity contribution is -0.890. The second-order valence-corrected chi connectivity index (χ2v) is 7.98. The summed E-state index contributed by atoms with van der Waals surface area (Å²) in [6, 6.07) is 0. The first-order valence-corrected chi connectivity index (χ1v) is 10.4. The third kappa shape index (κ3) is 16.3. The predicted molar refractivity (Wildman–Crippen MR) is 102 cm³/mol. The van der Waals surface area contributed by atoms with Crippen LogP contribution in [0.2, 0.25) is 0 Å². The number of rotatable bonds is 17. The topological polar surface area (TPSA) is 0 Å². The van der Waals surface area contributed by atoms with Crippen molar-refractivity contribution in [1.29, 1.82) is 0 Å². The molecule has 0 amide bonds. The molecule has 0 rings (SSSR count). The minimum absolute atomic E-state index is 1.24. The van der Waals surface area contributed by atoms with Gasteiger partial charge in [-0.25, -0.2) is 0 Å². The average molecular weight is 313 g/mol. The van der Waals surface area contributed by atoms with Crippen molar-refractivity contribution in [1.82, 2.24) is 0 Å². The Kier molecular flexibility index (Phi) is 15.8. The third-order valence-corrected chi connectivity index (χ3v) is 4.98. The molecular weight excluding hydrogens is 266 g/mol. The Bertz CT molecular complexity index is 210. The lowest BCUT2D eigenvalue weighted by Crippen LogP contribution is -2.41. The molecule has 0 saturated heterocycles. The van der Waals surface area contributed by atoms with E-state index in [1.165, 1.54) is 114 Å². The lowest BCUT2D eigenvalue weighted by atomic mass is 10.1. The molecule has 0 aliphatic carbocycles. The van der Waals surface area contributed by atoms with Crippen LogP contribution in [-0.2, 0) is 0 Å². The summed E-state index contributed by atoms with van der Waals surface area (Å²) in [5.74, 6) is 0. The molecule has 134 valence electrons. The Morgan fingerprint density at radius 3 is 1.00 bits per heavy atom. The number of hydrogen-bond donors (Lipinski definition) is 0. The standard InChI is InChI=1S/C21H46N/c1-5-7-9-11-13-14-15-17-19-21-22(3,4)20-18-16-12-10-8-6-2/h5-21H2,1-4H3/q+1. The summed E-state index contributed by atoms with van der Waals surface area (Å²) < 4.78 is 1.24. The summed E-state index contributed by atoms with van der Waals surface area (Å²) in [7, 11) is 4.85. The van der Waals surface area contributed by atoms with Gasteiger partial charge in [-0.1, -0.05) is 84.5 Å². The van der Waals surface area contributed by atoms with Crippen LogP contribution < -0.4 is 0 Å². The Morgan fingerprint density at radius 1 is 0.409 bits per heavy atom. The van der Waals surface area contributed by atoms with Crippen LogP contribution in [0.3, 0.4) is 0 Å². The Morgan fingerprint density at radius 2 is 0.682 bits per heavy atom. The molecule has 0 heterocycles. The van der Waals surface area contributed by atoms with E-state index in [1.54, 1.807) is 0 Å². The van der Waals surface area contributed by atoms with Gasteiger partial charge >= 0.3 is 0 Å². The predicted octanol–water partition coefficient (Wildman–Crippen LogP) is 6.95. The van der Waals surface area contributed by atoms with E-state index in [-0.39, 0.29) is 0 Å². The minimum atomic E-state index is 1.24. The van der Waals surface area contributed by atoms with Crippen molar-refractivity contribution in [3.63, 3.8) is 0 Å². The van der Waals surface area contributed by atoms with E-state index in [0.717, 1.165) is 0 Å². The highest BCUT2D eigenvalue weighted by molar-refractivity contribution is 4.48. The lowest BCUT2D eigenvalue weighted by Gasteiger charge is -2.30. The van der Waals surface area contributed by atoms with Gasteiger partial charge in [-0.15, -0.1) is 0 Å². The maximum Gasteiger partial charge on any atom is 0.0782 e. The van der Waals surface area contributed by atoms with Crippen molar-refractivity contribution in [2.45, 2.75) is 110 Å². The monoisotopic (exact) mass is 312 g/mol. The molecule has 0 bridgehead atoms. The first-order chi connectivity index (χ1) is 10.6. The molecule has 0 unspecified atom stereocenters. The molecule has 0 spiro atoms. The van der Waals surface area contributed by atoms with Gasteiger partial charge in [0.15, 0.2) is 0 Å². The van der Waals surface area contributed by atoms with Crippen LogP contribution in [0, 0.1) is 0 Å². The van der Waals surface area contributed by atoms with Crippen molar-refractivity contribution < 1.29 is 4.48 Å². The molecule has 0 aromatic heterocycles. The Balaban J connectivity index is 3.32. The van der Waals surface area contributed by atoms with Gasteiger partial charge in [-0.3, -0.25) is 0 Å². The molecule has 0 aliphatic rings. The molecule has 0 radical (unpaired) electrons. The van der Waals surface area contributed by atoms with Crippen molar-refractivity contribution in [2.75, 3.05) is 27.2 Å². The molecule has 0 saturated carbocycles. The summed E-state index contributed by atoms with van der Waals surface area (Å²) in [5, 5.41) is 0. The van der Waals surface area contributed by atoms with Crippen LogP contribution in [0.15, 0.2) is 0 Å². The maximum absolute atomic E-state index is 2.43. The normalized spacial score (nSPS) is 12.0. The number of unbranched alkanes of at least 4 members (excludes halogenated alkanes) is 13. The third-order valence-electron chi connectivity index (χ3n) is 4.98. The molecule has 1 heteroatoms. The first kappa shape index (κ1) is 22.0. The Hall–Kier alpha value is -0.0400. The molecule has 0 aliphatic heterocycles. The quantitative estimate of drug-likeness (QED) is 0.201. The summed E-state index contributed by atoms with van der Waals surface area (Å²) >= 11 is 0. The van der Waals surface area contributed by atoms with Crippen molar-refractivity contribution >= 4 is 0 Å². The summed E-state index contributed by atoms with van der Waals surface area (Å²) in [6.07, 6.45) is 21.6. The van der Waals surface area contributed by atoms with E-state index in [0.29, 0.717) is 0 Å². The highest BCUT2D eigenvalue weighted by Gasteiger charge is 2.13. The van der Waals surface area contributed by atoms with Gasteiger partial charge in [0.25, 0.3) is 0 Å². The summed E-state index contributed by atoms with van der Waals surface area (Å²) in [6.45, 7) is 7.35. The zero-order valence-electron chi connectivity index (χ0n) is 16.5. The number of quaternary nitrogens is 1. The fourth-order valence-corrected chi connectivity index (χ4v) is 3.28. The average Bonchev–Trinajstić information content (AvgIpc) is 2.49. The minimum Gasteiger partial charge on any atom is -0.328 e. The van der Waals surface area contributed by atoms with E-state index < -0.39 is 0 Å². The first-order valence-electron chi connectivity index (χ1n) is 10.4. The second-order valence-electron chi connectivity index (χ2n) is 7.98. The zero-order valence-corrected chi connectivity index (χ0v) is 16.5. The molecule has 0 atom stereocenters. The van der Waals surface area contributed by atoms with Gasteiger partial charge in [-0.2, -0.15) is 0 Å². The maximum atomic E-state index is 2.43. The SMILES string of the molecule is CCCCCCCCCCC[N+](C)(C)CCCCCCCC. The van der Waals surface area contributed by atoms with E-state index >= 15 is 0 Å². The number of hydrogen-bond acceptors (Lipinski definition) is 0. The van der Waals surface area contributed by atoms with Gasteiger partial charge in [0.05, 0.1) is 27.2 Å². The van der Waals surface area contributed by atoms with Gasteiger partial charge < -0.3 is 4.48 Å². The van der Waals surface area contributed by atoms with Crippen LogP contribution in [0.25, 0.3) is 0 Å². The largest absolute Gasteiger partial charge is 0.328 e. The smallest absolute Gasteiger partial charge is 0.0782 e. The van der Waals surface area contributed by atoms with E-state index in [4.69, 9.17) is 0 Å². The molecule has 0 aromatic rings. The van der Waals surface area contributed by atoms with Crippen LogP contribution >= 0.6 is 0 Å². The summed E-state index contributed by atoms with van der Waals surface area (Å²) in [5.41, 5.74) is 0. The molecule has 1 nitrogen and oxygen atoms in total. The van der Waals surface area contributed by atoms with Crippen LogP contribution in [0.5, 0.6) is 0 Å². The van der Waals surface area contributed by atoms with Crippen molar-refractivity contribution in [3.8, 4) is 0 Å². The molecule has 0 aromatic carbocycles. The van der Waals surface area contributed by atoms with Crippen molar-refractivity contribution in [3.05, 3.63) is 0 Å². The highest BCUT2D eigenvalue weighted by atomic mass is 15.3. The molecule has 0 fully saturated rings. The van der Waals surface area contributed by atoms with Crippen LogP contribution in [0.1, 0.15) is 110 Å². The van der Waals surface area contributed by atoms with Crippen LogP contribution in [0.4, 0.5) is 0 Å². The molecule has 0 N–H and O–H groups in total. The molecular formula is C21H46N+.